The van der Waals surface area contributed by atoms with Crippen LogP contribution in [0.15, 0.2) is 53.5 Å². The van der Waals surface area contributed by atoms with Gasteiger partial charge in [0.15, 0.2) is 0 Å². The van der Waals surface area contributed by atoms with Crippen molar-refractivity contribution in [1.82, 2.24) is 5.32 Å². The lowest BCUT2D eigenvalue weighted by atomic mass is 10.2. The summed E-state index contributed by atoms with van der Waals surface area (Å²) < 4.78 is 20.0. The number of aliphatic imine (C=N–C) groups is 1. The summed E-state index contributed by atoms with van der Waals surface area (Å²) in [5.41, 5.74) is 6.10. The third-order valence-electron chi connectivity index (χ3n) is 4.06. The van der Waals surface area contributed by atoms with Gasteiger partial charge in [-0.25, -0.2) is 14.4 Å². The summed E-state index contributed by atoms with van der Waals surface area (Å²) >= 11 is 0. The molecule has 4 N–H and O–H groups in total. The van der Waals surface area contributed by atoms with Crippen LogP contribution in [0.1, 0.15) is 0 Å². The lowest BCUT2D eigenvalue weighted by Crippen LogP contribution is -2.40. The van der Waals surface area contributed by atoms with Gasteiger partial charge in [0, 0.05) is 13.2 Å². The van der Waals surface area contributed by atoms with Crippen LogP contribution in [0.2, 0.25) is 0 Å². The van der Waals surface area contributed by atoms with E-state index in [-0.39, 0.29) is 24.8 Å². The van der Waals surface area contributed by atoms with Gasteiger partial charge >= 0.3 is 18.2 Å². The van der Waals surface area contributed by atoms with Crippen LogP contribution in [0, 0.1) is 0 Å². The summed E-state index contributed by atoms with van der Waals surface area (Å²) in [5.74, 6) is 0.639. The van der Waals surface area contributed by atoms with Gasteiger partial charge in [-0.3, -0.25) is 10.2 Å². The van der Waals surface area contributed by atoms with Crippen molar-refractivity contribution < 1.29 is 33.3 Å². The Morgan fingerprint density at radius 2 is 1.73 bits per heavy atom. The number of methoxy groups -OCH3 is 3. The highest BCUT2D eigenvalue weighted by Crippen LogP contribution is 2.32. The summed E-state index contributed by atoms with van der Waals surface area (Å²) in [6.45, 7) is 0.335. The van der Waals surface area contributed by atoms with E-state index < -0.39 is 18.2 Å². The Balaban J connectivity index is 2.50. The van der Waals surface area contributed by atoms with Crippen LogP contribution in [0.5, 0.6) is 11.5 Å². The molecule has 0 bridgehead atoms. The van der Waals surface area contributed by atoms with Crippen LogP contribution in [0.25, 0.3) is 0 Å². The second-order valence-electron chi connectivity index (χ2n) is 6.25. The molecule has 12 nitrogen and oxygen atoms in total. The molecular formula is C21H25N5O7. The zero-order valence-electron chi connectivity index (χ0n) is 18.4. The molecule has 0 aliphatic carbocycles. The smallest absolute Gasteiger partial charge is 0.436 e. The monoisotopic (exact) mass is 459 g/mol. The molecule has 4 amide bonds. The Morgan fingerprint density at radius 1 is 1.00 bits per heavy atom. The predicted octanol–water partition coefficient (Wildman–Crippen LogP) is 2.90. The molecule has 0 saturated heterocycles. The molecular weight excluding hydrogens is 434 g/mol. The molecule has 176 valence electrons. The summed E-state index contributed by atoms with van der Waals surface area (Å²) in [6.07, 6.45) is -1.88. The molecule has 12 heteroatoms. The van der Waals surface area contributed by atoms with Crippen molar-refractivity contribution in [1.29, 1.82) is 0 Å². The third kappa shape index (κ3) is 7.70. The minimum absolute atomic E-state index is 0.132. The number of alkyl carbamates (subject to hydrolysis) is 1. The Labute approximate surface area is 190 Å². The van der Waals surface area contributed by atoms with Crippen molar-refractivity contribution in [3.63, 3.8) is 0 Å². The second-order valence-corrected chi connectivity index (χ2v) is 6.25. The van der Waals surface area contributed by atoms with Crippen molar-refractivity contribution in [2.24, 2.45) is 10.7 Å². The van der Waals surface area contributed by atoms with Crippen LogP contribution in [0.3, 0.4) is 0 Å². The molecule has 2 rings (SSSR count). The number of urea groups is 1. The molecule has 0 aliphatic rings. The largest absolute Gasteiger partial charge is 0.457 e. The molecule has 0 saturated carbocycles. The number of rotatable bonds is 7. The molecule has 0 fully saturated rings. The van der Waals surface area contributed by atoms with E-state index in [2.05, 4.69) is 25.1 Å². The quantitative estimate of drug-likeness (QED) is 0.422. The maximum atomic E-state index is 12.1. The average molecular weight is 459 g/mol. The number of nitrogens with zero attached hydrogens (tertiary/aromatic N) is 2. The van der Waals surface area contributed by atoms with E-state index in [4.69, 9.17) is 15.2 Å². The number of benzene rings is 2. The number of nitrogens with one attached hydrogen (secondary N) is 2. The third-order valence-corrected chi connectivity index (χ3v) is 4.06. The second kappa shape index (κ2) is 12.5. The standard InChI is InChI=1S/C21H25N5O7/c1-30-12-11-26(18(22)27)17-10-9-15(33-14-7-5-4-6-8-14)13-16(17)23-19(24-20(28)31-2)25-21(29)32-3/h4-10,13H,11-12H2,1-3H3,(H2,22,27)(H2,23,24,25,28,29). The van der Waals surface area contributed by atoms with E-state index in [1.54, 1.807) is 24.3 Å². The first-order valence-electron chi connectivity index (χ1n) is 9.59. The zero-order valence-corrected chi connectivity index (χ0v) is 18.4. The highest BCUT2D eigenvalue weighted by molar-refractivity contribution is 6.08. The highest BCUT2D eigenvalue weighted by atomic mass is 16.5. The summed E-state index contributed by atoms with van der Waals surface area (Å²) in [6, 6.07) is 13.0. The molecule has 33 heavy (non-hydrogen) atoms. The van der Waals surface area contributed by atoms with Gasteiger partial charge in [-0.2, -0.15) is 0 Å². The number of carbonyl (C=O) groups excluding carboxylic acids is 3. The maximum Gasteiger partial charge on any atom is 0.436 e. The van der Waals surface area contributed by atoms with E-state index in [0.717, 1.165) is 14.2 Å². The predicted molar refractivity (Wildman–Crippen MR) is 121 cm³/mol. The number of primary amides is 1. The topological polar surface area (TPSA) is 154 Å². The number of amides is 4. The Bertz CT molecular complexity index is 998. The Kier molecular flexibility index (Phi) is 9.46. The number of anilines is 2. The van der Waals surface area contributed by atoms with Crippen LogP contribution in [0.4, 0.5) is 25.8 Å². The first-order valence-corrected chi connectivity index (χ1v) is 9.59. The first-order chi connectivity index (χ1) is 15.9. The molecule has 2 aromatic carbocycles. The Morgan fingerprint density at radius 3 is 2.33 bits per heavy atom. The van der Waals surface area contributed by atoms with Gasteiger partial charge in [0.05, 0.1) is 38.7 Å². The molecule has 0 atom stereocenters. The molecule has 0 aromatic heterocycles. The summed E-state index contributed by atoms with van der Waals surface area (Å²) in [7, 11) is 3.75. The molecule has 0 unspecified atom stereocenters. The zero-order chi connectivity index (χ0) is 24.2. The minimum Gasteiger partial charge on any atom is -0.457 e. The Hall–Kier alpha value is -4.32. The van der Waals surface area contributed by atoms with Crippen molar-refractivity contribution >= 4 is 35.6 Å². The van der Waals surface area contributed by atoms with E-state index in [1.165, 1.54) is 18.1 Å². The fourth-order valence-corrected chi connectivity index (χ4v) is 2.57. The number of nitrogens with two attached hydrogens (primary N) is 1. The van der Waals surface area contributed by atoms with Crippen molar-refractivity contribution in [3.05, 3.63) is 48.5 Å². The van der Waals surface area contributed by atoms with Gasteiger partial charge in [-0.15, -0.1) is 4.99 Å². The van der Waals surface area contributed by atoms with Gasteiger partial charge in [0.1, 0.15) is 11.5 Å². The number of hydrogen-bond acceptors (Lipinski definition) is 7. The minimum atomic E-state index is -0.988. The van der Waals surface area contributed by atoms with Crippen molar-refractivity contribution in [2.75, 3.05) is 44.7 Å². The van der Waals surface area contributed by atoms with Gasteiger partial charge in [-0.05, 0) is 24.3 Å². The lowest BCUT2D eigenvalue weighted by Gasteiger charge is -2.24. The lowest BCUT2D eigenvalue weighted by molar-refractivity contribution is 0.176. The van der Waals surface area contributed by atoms with E-state index in [0.29, 0.717) is 17.2 Å². The van der Waals surface area contributed by atoms with Crippen LogP contribution >= 0.6 is 0 Å². The molecule has 0 heterocycles. The van der Waals surface area contributed by atoms with E-state index in [1.807, 2.05) is 18.2 Å². The molecule has 2 aromatic rings. The SMILES string of the molecule is COCCN(C(N)=O)c1ccc(Oc2ccccc2)cc1NC(=NC(=O)OC)NC(=O)OC. The summed E-state index contributed by atoms with van der Waals surface area (Å²) in [5, 5.41) is 5.05. The number of para-hydroxylation sites is 1. The van der Waals surface area contributed by atoms with Crippen molar-refractivity contribution in [2.45, 2.75) is 0 Å². The van der Waals surface area contributed by atoms with Gasteiger partial charge < -0.3 is 30.0 Å². The van der Waals surface area contributed by atoms with Crippen molar-refractivity contribution in [3.8, 4) is 11.5 Å². The molecule has 0 spiro atoms. The average Bonchev–Trinajstić information content (AvgIpc) is 2.80. The van der Waals surface area contributed by atoms with E-state index in [9.17, 15) is 14.4 Å². The summed E-state index contributed by atoms with van der Waals surface area (Å²) in [4.78, 5) is 40.4. The van der Waals surface area contributed by atoms with Crippen LogP contribution in [-0.4, -0.2) is 58.7 Å². The number of guanidine groups is 1. The normalized spacial score (nSPS) is 10.7. The molecule has 0 radical (unpaired) electrons. The number of ether oxygens (including phenoxy) is 4. The van der Waals surface area contributed by atoms with Crippen LogP contribution < -0.4 is 26.0 Å². The molecule has 0 aliphatic heterocycles. The fraction of sp³-hybridized carbons (Fsp3) is 0.238. The highest BCUT2D eigenvalue weighted by Gasteiger charge is 2.19. The fourth-order valence-electron chi connectivity index (χ4n) is 2.57. The van der Waals surface area contributed by atoms with Gasteiger partial charge in [0.2, 0.25) is 5.96 Å². The van der Waals surface area contributed by atoms with E-state index >= 15 is 0 Å². The van der Waals surface area contributed by atoms with Gasteiger partial charge in [0.25, 0.3) is 0 Å². The van der Waals surface area contributed by atoms with Gasteiger partial charge in [-0.1, -0.05) is 18.2 Å². The maximum absolute atomic E-state index is 12.1. The number of carbonyl (C=O) groups is 3. The number of hydrogen-bond donors (Lipinski definition) is 3. The first kappa shape index (κ1) is 24.9. The van der Waals surface area contributed by atoms with Crippen LogP contribution in [-0.2, 0) is 14.2 Å².